The number of rotatable bonds is 1. The van der Waals surface area contributed by atoms with E-state index in [4.69, 9.17) is 5.11 Å². The molecule has 2 rings (SSSR count). The largest absolute Gasteiger partial charge is 0.478 e. The fourth-order valence-electron chi connectivity index (χ4n) is 1.87. The molecular formula is C8H11NO2. The Hall–Kier alpha value is -0.990. The first-order chi connectivity index (χ1) is 5.25. The van der Waals surface area contributed by atoms with E-state index in [1.165, 1.54) is 0 Å². The molecule has 3 heteroatoms. The molecule has 0 aromatic rings. The highest BCUT2D eigenvalue weighted by Crippen LogP contribution is 2.28. The van der Waals surface area contributed by atoms with Gasteiger partial charge in [0.2, 0.25) is 0 Å². The number of nitrogens with zero attached hydrogens (tertiary/aromatic N) is 1. The molecule has 60 valence electrons. The van der Waals surface area contributed by atoms with E-state index in [1.807, 2.05) is 0 Å². The Balaban J connectivity index is 2.19. The zero-order chi connectivity index (χ0) is 7.84. The van der Waals surface area contributed by atoms with Crippen LogP contribution >= 0.6 is 0 Å². The average molecular weight is 153 g/mol. The van der Waals surface area contributed by atoms with Crippen molar-refractivity contribution in [1.29, 1.82) is 0 Å². The smallest absolute Gasteiger partial charge is 0.333 e. The Morgan fingerprint density at radius 1 is 1.73 bits per heavy atom. The summed E-state index contributed by atoms with van der Waals surface area (Å²) < 4.78 is 0. The Kier molecular flexibility index (Phi) is 1.37. The maximum absolute atomic E-state index is 10.6. The first-order valence-electron chi connectivity index (χ1n) is 3.94. The maximum atomic E-state index is 10.6. The zero-order valence-corrected chi connectivity index (χ0v) is 6.29. The van der Waals surface area contributed by atoms with Gasteiger partial charge in [0.15, 0.2) is 0 Å². The first-order valence-corrected chi connectivity index (χ1v) is 3.94. The highest BCUT2D eigenvalue weighted by Gasteiger charge is 2.28. The summed E-state index contributed by atoms with van der Waals surface area (Å²) in [6.45, 7) is 2.11. The molecular weight excluding hydrogens is 142 g/mol. The van der Waals surface area contributed by atoms with Crippen molar-refractivity contribution in [3.63, 3.8) is 0 Å². The molecule has 0 aliphatic carbocycles. The van der Waals surface area contributed by atoms with E-state index in [-0.39, 0.29) is 0 Å². The molecule has 2 aliphatic rings. The second-order valence-corrected chi connectivity index (χ2v) is 3.31. The summed E-state index contributed by atoms with van der Waals surface area (Å²) in [5.41, 5.74) is 0.582. The van der Waals surface area contributed by atoms with Gasteiger partial charge < -0.3 is 10.0 Å². The van der Waals surface area contributed by atoms with E-state index in [0.29, 0.717) is 11.5 Å². The summed E-state index contributed by atoms with van der Waals surface area (Å²) in [7, 11) is 0. The Labute approximate surface area is 65.3 Å². The summed E-state index contributed by atoms with van der Waals surface area (Å²) in [6.07, 6.45) is 3.73. The minimum atomic E-state index is -0.749. The van der Waals surface area contributed by atoms with Gasteiger partial charge in [0, 0.05) is 19.3 Å². The fraction of sp³-hybridized carbons (Fsp3) is 0.625. The van der Waals surface area contributed by atoms with Crippen LogP contribution in [0.4, 0.5) is 0 Å². The van der Waals surface area contributed by atoms with E-state index in [0.717, 1.165) is 25.9 Å². The minimum absolute atomic E-state index is 0.582. The molecule has 1 N–H and O–H groups in total. The van der Waals surface area contributed by atoms with Gasteiger partial charge in [-0.25, -0.2) is 4.79 Å². The lowest BCUT2D eigenvalue weighted by molar-refractivity contribution is -0.133. The van der Waals surface area contributed by atoms with Crippen LogP contribution in [0.1, 0.15) is 12.8 Å². The van der Waals surface area contributed by atoms with Crippen LogP contribution in [0.5, 0.6) is 0 Å². The van der Waals surface area contributed by atoms with Crippen LogP contribution in [0.25, 0.3) is 0 Å². The zero-order valence-electron chi connectivity index (χ0n) is 6.29. The monoisotopic (exact) mass is 153 g/mol. The third-order valence-corrected chi connectivity index (χ3v) is 2.44. The van der Waals surface area contributed by atoms with E-state index in [1.54, 1.807) is 6.20 Å². The fourth-order valence-corrected chi connectivity index (χ4v) is 1.87. The predicted octanol–water partition coefficient (Wildman–Crippen LogP) is 0.681. The SMILES string of the molecule is O=C(O)C1=CN2CCC(C1)C2. The first kappa shape index (κ1) is 6.70. The molecule has 1 unspecified atom stereocenters. The second kappa shape index (κ2) is 2.26. The molecule has 0 amide bonds. The van der Waals surface area contributed by atoms with Gasteiger partial charge >= 0.3 is 5.97 Å². The van der Waals surface area contributed by atoms with Gasteiger partial charge in [0.05, 0.1) is 5.57 Å². The number of hydrogen-bond acceptors (Lipinski definition) is 2. The van der Waals surface area contributed by atoms with Crippen molar-refractivity contribution < 1.29 is 9.90 Å². The van der Waals surface area contributed by atoms with Crippen LogP contribution in [0, 0.1) is 5.92 Å². The molecule has 0 radical (unpaired) electrons. The van der Waals surface area contributed by atoms with Crippen LogP contribution in [0.15, 0.2) is 11.8 Å². The topological polar surface area (TPSA) is 40.5 Å². The molecule has 1 atom stereocenters. The summed E-state index contributed by atoms with van der Waals surface area (Å²) in [4.78, 5) is 12.7. The molecule has 11 heavy (non-hydrogen) atoms. The number of carboxylic acid groups (broad SMARTS) is 1. The van der Waals surface area contributed by atoms with Crippen molar-refractivity contribution in [3.05, 3.63) is 11.8 Å². The number of carbonyl (C=O) groups is 1. The van der Waals surface area contributed by atoms with E-state index in [2.05, 4.69) is 4.90 Å². The lowest BCUT2D eigenvalue weighted by Gasteiger charge is -2.20. The summed E-state index contributed by atoms with van der Waals surface area (Å²) in [5, 5.41) is 8.71. The summed E-state index contributed by atoms with van der Waals surface area (Å²) >= 11 is 0. The molecule has 3 nitrogen and oxygen atoms in total. The minimum Gasteiger partial charge on any atom is -0.478 e. The van der Waals surface area contributed by atoms with Crippen LogP contribution < -0.4 is 0 Å². The highest BCUT2D eigenvalue weighted by molar-refractivity contribution is 5.86. The van der Waals surface area contributed by atoms with Crippen molar-refractivity contribution in [2.75, 3.05) is 13.1 Å². The Morgan fingerprint density at radius 3 is 3.18 bits per heavy atom. The van der Waals surface area contributed by atoms with Gasteiger partial charge in [-0.05, 0) is 18.8 Å². The predicted molar refractivity (Wildman–Crippen MR) is 40.0 cm³/mol. The van der Waals surface area contributed by atoms with Crippen LogP contribution in [0.2, 0.25) is 0 Å². The van der Waals surface area contributed by atoms with Crippen LogP contribution in [-0.2, 0) is 4.79 Å². The standard InChI is InChI=1S/C8H11NO2/c10-8(11)7-3-6-1-2-9(4-6)5-7/h5-6H,1-4H2,(H,10,11). The normalized spacial score (nSPS) is 28.5. The molecule has 1 saturated heterocycles. The number of carboxylic acids is 1. The Bertz CT molecular complexity index is 222. The molecule has 0 saturated carbocycles. The van der Waals surface area contributed by atoms with Crippen LogP contribution in [0.3, 0.4) is 0 Å². The van der Waals surface area contributed by atoms with Gasteiger partial charge in [0.1, 0.15) is 0 Å². The molecule has 1 fully saturated rings. The molecule has 2 bridgehead atoms. The van der Waals surface area contributed by atoms with Gasteiger partial charge in [0.25, 0.3) is 0 Å². The molecule has 2 heterocycles. The quantitative estimate of drug-likeness (QED) is 0.602. The number of fused-ring (bicyclic) bond motifs is 2. The second-order valence-electron chi connectivity index (χ2n) is 3.31. The number of hydrogen-bond donors (Lipinski definition) is 1. The summed E-state index contributed by atoms with van der Waals surface area (Å²) in [6, 6.07) is 0. The van der Waals surface area contributed by atoms with Gasteiger partial charge in [-0.3, -0.25) is 0 Å². The molecule has 0 aromatic heterocycles. The Morgan fingerprint density at radius 2 is 2.55 bits per heavy atom. The van der Waals surface area contributed by atoms with Crippen molar-refractivity contribution in [1.82, 2.24) is 4.90 Å². The van der Waals surface area contributed by atoms with Crippen molar-refractivity contribution >= 4 is 5.97 Å². The third kappa shape index (κ3) is 1.11. The van der Waals surface area contributed by atoms with E-state index < -0.39 is 5.97 Å². The van der Waals surface area contributed by atoms with E-state index in [9.17, 15) is 4.79 Å². The van der Waals surface area contributed by atoms with Gasteiger partial charge in [-0.15, -0.1) is 0 Å². The third-order valence-electron chi connectivity index (χ3n) is 2.44. The van der Waals surface area contributed by atoms with Crippen molar-refractivity contribution in [3.8, 4) is 0 Å². The van der Waals surface area contributed by atoms with Gasteiger partial charge in [-0.2, -0.15) is 0 Å². The average Bonchev–Trinajstić information content (AvgIpc) is 2.30. The molecule has 2 aliphatic heterocycles. The van der Waals surface area contributed by atoms with E-state index >= 15 is 0 Å². The van der Waals surface area contributed by atoms with Crippen LogP contribution in [-0.4, -0.2) is 29.1 Å². The molecule has 0 spiro atoms. The van der Waals surface area contributed by atoms with Crippen molar-refractivity contribution in [2.45, 2.75) is 12.8 Å². The van der Waals surface area contributed by atoms with Crippen molar-refractivity contribution in [2.24, 2.45) is 5.92 Å². The summed E-state index contributed by atoms with van der Waals surface area (Å²) in [5.74, 6) is -0.146. The number of aliphatic carboxylic acids is 1. The molecule has 0 aromatic carbocycles. The lowest BCUT2D eigenvalue weighted by Crippen LogP contribution is -2.22. The lowest BCUT2D eigenvalue weighted by atomic mass is 9.98. The maximum Gasteiger partial charge on any atom is 0.333 e. The highest BCUT2D eigenvalue weighted by atomic mass is 16.4. The van der Waals surface area contributed by atoms with Gasteiger partial charge in [-0.1, -0.05) is 0 Å².